The van der Waals surface area contributed by atoms with Crippen LogP contribution in [0.5, 0.6) is 0 Å². The summed E-state index contributed by atoms with van der Waals surface area (Å²) in [6.07, 6.45) is 0. The molecule has 0 unspecified atom stereocenters. The molecule has 31 heavy (non-hydrogen) atoms. The van der Waals surface area contributed by atoms with Crippen LogP contribution in [0.4, 0.5) is 0 Å². The van der Waals surface area contributed by atoms with Crippen molar-refractivity contribution in [1.29, 1.82) is 0 Å². The number of carbonyl (C=O) groups is 1. The molecule has 1 N–H and O–H groups in total. The Labute approximate surface area is 187 Å². The van der Waals surface area contributed by atoms with Gasteiger partial charge in [0.2, 0.25) is 0 Å². The van der Waals surface area contributed by atoms with Crippen LogP contribution in [-0.4, -0.2) is 60.0 Å². The monoisotopic (exact) mass is 438 g/mol. The first-order valence-corrected chi connectivity index (χ1v) is 10.9. The minimum Gasteiger partial charge on any atom is -0.379 e. The first-order valence-electron chi connectivity index (χ1n) is 10.5. The van der Waals surface area contributed by atoms with Gasteiger partial charge < -0.3 is 10.1 Å². The van der Waals surface area contributed by atoms with E-state index in [-0.39, 0.29) is 5.91 Å². The van der Waals surface area contributed by atoms with E-state index in [9.17, 15) is 4.79 Å². The van der Waals surface area contributed by atoms with E-state index in [1.807, 2.05) is 30.3 Å². The molecule has 162 valence electrons. The number of nitrogens with zero attached hydrogens (tertiary/aromatic N) is 3. The maximum atomic E-state index is 13.1. The summed E-state index contributed by atoms with van der Waals surface area (Å²) in [6, 6.07) is 15.4. The van der Waals surface area contributed by atoms with Crippen molar-refractivity contribution < 1.29 is 9.53 Å². The second kappa shape index (κ2) is 9.64. The molecule has 2 heterocycles. The van der Waals surface area contributed by atoms with Gasteiger partial charge >= 0.3 is 0 Å². The number of aromatic nitrogens is 2. The van der Waals surface area contributed by atoms with E-state index in [1.54, 1.807) is 10.7 Å². The Morgan fingerprint density at radius 3 is 2.65 bits per heavy atom. The largest absolute Gasteiger partial charge is 0.379 e. The maximum Gasteiger partial charge on any atom is 0.270 e. The summed E-state index contributed by atoms with van der Waals surface area (Å²) in [4.78, 5) is 15.4. The second-order valence-corrected chi connectivity index (χ2v) is 8.25. The smallest absolute Gasteiger partial charge is 0.270 e. The van der Waals surface area contributed by atoms with Gasteiger partial charge in [0.1, 0.15) is 5.69 Å². The van der Waals surface area contributed by atoms with Crippen LogP contribution in [0.2, 0.25) is 5.02 Å². The molecule has 1 aliphatic rings. The molecule has 6 nitrogen and oxygen atoms in total. The number of hydrogen-bond donors (Lipinski definition) is 1. The zero-order valence-electron chi connectivity index (χ0n) is 17.9. The van der Waals surface area contributed by atoms with Crippen LogP contribution < -0.4 is 5.32 Å². The van der Waals surface area contributed by atoms with E-state index < -0.39 is 0 Å². The highest BCUT2D eigenvalue weighted by Gasteiger charge is 2.19. The van der Waals surface area contributed by atoms with Gasteiger partial charge in [0, 0.05) is 36.8 Å². The summed E-state index contributed by atoms with van der Waals surface area (Å²) in [6.45, 7) is 8.80. The molecule has 2 aromatic carbocycles. The number of carbonyl (C=O) groups excluding carboxylic acids is 1. The third-order valence-electron chi connectivity index (χ3n) is 5.61. The number of benzene rings is 2. The molecular formula is C24H27ClN4O2. The topological polar surface area (TPSA) is 59.4 Å². The van der Waals surface area contributed by atoms with Gasteiger partial charge in [-0.1, -0.05) is 29.8 Å². The summed E-state index contributed by atoms with van der Waals surface area (Å²) in [5, 5.41) is 8.39. The van der Waals surface area contributed by atoms with Crippen molar-refractivity contribution in [2.24, 2.45) is 0 Å². The van der Waals surface area contributed by atoms with E-state index in [1.165, 1.54) is 11.1 Å². The lowest BCUT2D eigenvalue weighted by molar-refractivity contribution is 0.0383. The van der Waals surface area contributed by atoms with Crippen LogP contribution in [0.15, 0.2) is 48.5 Å². The molecule has 0 spiro atoms. The number of hydrogen-bond acceptors (Lipinski definition) is 4. The van der Waals surface area contributed by atoms with E-state index in [0.29, 0.717) is 17.3 Å². The lowest BCUT2D eigenvalue weighted by atomic mass is 10.0. The molecule has 0 atom stereocenters. The van der Waals surface area contributed by atoms with Crippen LogP contribution in [0, 0.1) is 13.8 Å². The van der Waals surface area contributed by atoms with Gasteiger partial charge in [-0.05, 0) is 55.3 Å². The van der Waals surface area contributed by atoms with Gasteiger partial charge in [-0.3, -0.25) is 9.69 Å². The molecular weight excluding hydrogens is 412 g/mol. The Morgan fingerprint density at radius 1 is 1.10 bits per heavy atom. The highest BCUT2D eigenvalue weighted by atomic mass is 35.5. The molecule has 3 aromatic rings. The summed E-state index contributed by atoms with van der Waals surface area (Å²) in [5.74, 6) is -0.157. The first kappa shape index (κ1) is 21.6. The fourth-order valence-corrected chi connectivity index (χ4v) is 3.82. The number of morpholine rings is 1. The van der Waals surface area contributed by atoms with Crippen LogP contribution in [0.3, 0.4) is 0 Å². The summed E-state index contributed by atoms with van der Waals surface area (Å²) in [5.41, 5.74) is 5.37. The van der Waals surface area contributed by atoms with Crippen molar-refractivity contribution in [3.63, 3.8) is 0 Å². The SMILES string of the molecule is Cc1ccc(-c2cc(C(=O)NCCN3CCOCC3)n(-c3cccc(Cl)c3)n2)cc1C. The predicted molar refractivity (Wildman–Crippen MR) is 123 cm³/mol. The molecule has 1 saturated heterocycles. The number of rotatable bonds is 6. The maximum absolute atomic E-state index is 13.1. The Morgan fingerprint density at radius 2 is 1.90 bits per heavy atom. The highest BCUT2D eigenvalue weighted by molar-refractivity contribution is 6.30. The number of nitrogens with one attached hydrogen (secondary N) is 1. The normalized spacial score (nSPS) is 14.5. The molecule has 1 amide bonds. The van der Waals surface area contributed by atoms with Crippen molar-refractivity contribution in [3.05, 3.63) is 70.4 Å². The minimum absolute atomic E-state index is 0.157. The molecule has 1 fully saturated rings. The van der Waals surface area contributed by atoms with E-state index in [0.717, 1.165) is 49.8 Å². The minimum atomic E-state index is -0.157. The van der Waals surface area contributed by atoms with Gasteiger partial charge in [-0.25, -0.2) is 4.68 Å². The van der Waals surface area contributed by atoms with E-state index >= 15 is 0 Å². The molecule has 4 rings (SSSR count). The van der Waals surface area contributed by atoms with Crippen molar-refractivity contribution in [3.8, 4) is 16.9 Å². The van der Waals surface area contributed by atoms with Gasteiger partial charge in [0.05, 0.1) is 24.6 Å². The molecule has 0 aliphatic carbocycles. The zero-order chi connectivity index (χ0) is 21.8. The Bertz CT molecular complexity index is 1070. The van der Waals surface area contributed by atoms with Crippen molar-refractivity contribution >= 4 is 17.5 Å². The highest BCUT2D eigenvalue weighted by Crippen LogP contribution is 2.25. The van der Waals surface area contributed by atoms with E-state index in [2.05, 4.69) is 36.2 Å². The lowest BCUT2D eigenvalue weighted by Gasteiger charge is -2.26. The van der Waals surface area contributed by atoms with Gasteiger partial charge in [-0.15, -0.1) is 0 Å². The third-order valence-corrected chi connectivity index (χ3v) is 5.85. The standard InChI is InChI=1S/C24H27ClN4O2/c1-17-6-7-19(14-18(17)2)22-16-23(29(27-22)21-5-3-4-20(25)15-21)24(30)26-8-9-28-10-12-31-13-11-28/h3-7,14-16H,8-13H2,1-2H3,(H,26,30). The molecule has 0 radical (unpaired) electrons. The van der Waals surface area contributed by atoms with Gasteiger partial charge in [0.25, 0.3) is 5.91 Å². The van der Waals surface area contributed by atoms with Crippen molar-refractivity contribution in [2.45, 2.75) is 13.8 Å². The summed E-state index contributed by atoms with van der Waals surface area (Å²) < 4.78 is 7.05. The van der Waals surface area contributed by atoms with Crippen molar-refractivity contribution in [1.82, 2.24) is 20.0 Å². The summed E-state index contributed by atoms with van der Waals surface area (Å²) >= 11 is 6.20. The lowest BCUT2D eigenvalue weighted by Crippen LogP contribution is -2.41. The third kappa shape index (κ3) is 5.15. The second-order valence-electron chi connectivity index (χ2n) is 7.82. The average Bonchev–Trinajstić information content (AvgIpc) is 3.22. The van der Waals surface area contributed by atoms with Crippen LogP contribution >= 0.6 is 11.6 Å². The van der Waals surface area contributed by atoms with Crippen LogP contribution in [-0.2, 0) is 4.74 Å². The fourth-order valence-electron chi connectivity index (χ4n) is 3.63. The molecule has 0 bridgehead atoms. The van der Waals surface area contributed by atoms with Gasteiger partial charge in [0.15, 0.2) is 0 Å². The number of halogens is 1. The fraction of sp³-hybridized carbons (Fsp3) is 0.333. The quantitative estimate of drug-likeness (QED) is 0.634. The predicted octanol–water partition coefficient (Wildman–Crippen LogP) is 3.87. The molecule has 0 saturated carbocycles. The molecule has 1 aromatic heterocycles. The van der Waals surface area contributed by atoms with Gasteiger partial charge in [-0.2, -0.15) is 5.10 Å². The molecule has 1 aliphatic heterocycles. The Hall–Kier alpha value is -2.67. The Balaban J connectivity index is 1.60. The van der Waals surface area contributed by atoms with Crippen LogP contribution in [0.25, 0.3) is 16.9 Å². The van der Waals surface area contributed by atoms with E-state index in [4.69, 9.17) is 21.4 Å². The zero-order valence-corrected chi connectivity index (χ0v) is 18.7. The summed E-state index contributed by atoms with van der Waals surface area (Å²) in [7, 11) is 0. The number of ether oxygens (including phenoxy) is 1. The number of aryl methyl sites for hydroxylation is 2. The average molecular weight is 439 g/mol. The molecule has 7 heteroatoms. The number of amides is 1. The first-order chi connectivity index (χ1) is 15.0. The Kier molecular flexibility index (Phi) is 6.70. The van der Waals surface area contributed by atoms with Crippen LogP contribution in [0.1, 0.15) is 21.6 Å². The van der Waals surface area contributed by atoms with Crippen molar-refractivity contribution in [2.75, 3.05) is 39.4 Å².